The molecule has 0 aromatic heterocycles. The van der Waals surface area contributed by atoms with Crippen molar-refractivity contribution < 1.29 is 0 Å². The highest BCUT2D eigenvalue weighted by Gasteiger charge is 2.19. The van der Waals surface area contributed by atoms with E-state index in [0.29, 0.717) is 0 Å². The van der Waals surface area contributed by atoms with Crippen LogP contribution in [0.4, 0.5) is 0 Å². The summed E-state index contributed by atoms with van der Waals surface area (Å²) in [7, 11) is 0. The lowest BCUT2D eigenvalue weighted by atomic mass is 10.1. The van der Waals surface area contributed by atoms with Gasteiger partial charge in [0.2, 0.25) is 0 Å². The van der Waals surface area contributed by atoms with E-state index in [1.165, 1.54) is 0 Å². The summed E-state index contributed by atoms with van der Waals surface area (Å²) in [6.07, 6.45) is 2.79. The number of nitrogens with zero attached hydrogens (tertiary/aromatic N) is 3. The standard InChI is InChI=1S/C11H11N3/c12-9-11(14-8-4-7-13-14)10-5-2-1-3-6-10/h1-3,5-7,11H,4,8H2. The normalized spacial score (nSPS) is 16.6. The molecule has 0 fully saturated rings. The molecule has 1 aromatic rings. The summed E-state index contributed by atoms with van der Waals surface area (Å²) in [5, 5.41) is 15.1. The lowest BCUT2D eigenvalue weighted by Gasteiger charge is -2.19. The van der Waals surface area contributed by atoms with Crippen LogP contribution in [0, 0.1) is 11.3 Å². The Balaban J connectivity index is 2.22. The second-order valence-electron chi connectivity index (χ2n) is 3.19. The van der Waals surface area contributed by atoms with Crippen LogP contribution in [-0.2, 0) is 0 Å². The smallest absolute Gasteiger partial charge is 0.158 e. The van der Waals surface area contributed by atoms with Gasteiger partial charge in [-0.05, 0) is 5.56 Å². The zero-order valence-electron chi connectivity index (χ0n) is 7.80. The molecule has 0 N–H and O–H groups in total. The van der Waals surface area contributed by atoms with Crippen LogP contribution in [0.1, 0.15) is 18.0 Å². The van der Waals surface area contributed by atoms with Gasteiger partial charge in [0.25, 0.3) is 0 Å². The summed E-state index contributed by atoms with van der Waals surface area (Å²) in [5.74, 6) is 0. The van der Waals surface area contributed by atoms with Crippen molar-refractivity contribution in [3.05, 3.63) is 35.9 Å². The molecule has 1 atom stereocenters. The van der Waals surface area contributed by atoms with E-state index < -0.39 is 0 Å². The SMILES string of the molecule is N#CC(c1ccccc1)N1CCC=N1. The molecule has 0 amide bonds. The Hall–Kier alpha value is -1.82. The van der Waals surface area contributed by atoms with E-state index in [1.807, 2.05) is 41.6 Å². The number of nitriles is 1. The van der Waals surface area contributed by atoms with Crippen LogP contribution in [0.25, 0.3) is 0 Å². The maximum absolute atomic E-state index is 9.07. The summed E-state index contributed by atoms with van der Waals surface area (Å²) in [4.78, 5) is 0. The van der Waals surface area contributed by atoms with E-state index in [-0.39, 0.29) is 6.04 Å². The molecule has 1 aliphatic rings. The number of benzene rings is 1. The minimum atomic E-state index is -0.241. The van der Waals surface area contributed by atoms with Crippen molar-refractivity contribution in [2.75, 3.05) is 6.54 Å². The van der Waals surface area contributed by atoms with Gasteiger partial charge < -0.3 is 0 Å². The van der Waals surface area contributed by atoms with Crippen molar-refractivity contribution >= 4 is 6.21 Å². The molecule has 0 spiro atoms. The number of hydrogen-bond acceptors (Lipinski definition) is 3. The monoisotopic (exact) mass is 185 g/mol. The van der Waals surface area contributed by atoms with E-state index in [1.54, 1.807) is 0 Å². The molecule has 70 valence electrons. The molecular weight excluding hydrogens is 174 g/mol. The Kier molecular flexibility index (Phi) is 2.46. The third-order valence-corrected chi connectivity index (χ3v) is 2.25. The molecular formula is C11H11N3. The molecule has 1 aliphatic heterocycles. The van der Waals surface area contributed by atoms with Crippen LogP contribution in [0.15, 0.2) is 35.4 Å². The fourth-order valence-corrected chi connectivity index (χ4v) is 1.55. The summed E-state index contributed by atoms with van der Waals surface area (Å²) in [6, 6.07) is 11.8. The van der Waals surface area contributed by atoms with Gasteiger partial charge in [-0.15, -0.1) is 0 Å². The van der Waals surface area contributed by atoms with Crippen LogP contribution in [0.5, 0.6) is 0 Å². The fraction of sp³-hybridized carbons (Fsp3) is 0.273. The molecule has 0 radical (unpaired) electrons. The van der Waals surface area contributed by atoms with Gasteiger partial charge in [-0.2, -0.15) is 10.4 Å². The first-order chi connectivity index (χ1) is 6.92. The van der Waals surface area contributed by atoms with Crippen LogP contribution in [0.3, 0.4) is 0 Å². The number of hydrazone groups is 1. The van der Waals surface area contributed by atoms with E-state index in [9.17, 15) is 0 Å². The van der Waals surface area contributed by atoms with Gasteiger partial charge >= 0.3 is 0 Å². The quantitative estimate of drug-likeness (QED) is 0.706. The van der Waals surface area contributed by atoms with Gasteiger partial charge in [0.1, 0.15) is 0 Å². The highest BCUT2D eigenvalue weighted by atomic mass is 15.5. The molecule has 2 rings (SSSR count). The first-order valence-corrected chi connectivity index (χ1v) is 4.65. The molecule has 14 heavy (non-hydrogen) atoms. The molecule has 0 aliphatic carbocycles. The van der Waals surface area contributed by atoms with Crippen molar-refractivity contribution in [1.82, 2.24) is 5.01 Å². The predicted molar refractivity (Wildman–Crippen MR) is 54.6 cm³/mol. The van der Waals surface area contributed by atoms with Gasteiger partial charge in [-0.3, -0.25) is 5.01 Å². The molecule has 1 heterocycles. The minimum Gasteiger partial charge on any atom is -0.275 e. The van der Waals surface area contributed by atoms with Crippen LogP contribution in [0.2, 0.25) is 0 Å². The van der Waals surface area contributed by atoms with Crippen LogP contribution < -0.4 is 0 Å². The number of rotatable bonds is 2. The average molecular weight is 185 g/mol. The minimum absolute atomic E-state index is 0.241. The maximum atomic E-state index is 9.07. The van der Waals surface area contributed by atoms with Crippen LogP contribution in [-0.4, -0.2) is 17.8 Å². The Bertz CT molecular complexity index is 364. The summed E-state index contributed by atoms with van der Waals surface area (Å²) in [6.45, 7) is 0.840. The zero-order valence-corrected chi connectivity index (χ0v) is 7.80. The first kappa shape index (κ1) is 8.76. The van der Waals surface area contributed by atoms with E-state index in [4.69, 9.17) is 5.26 Å². The summed E-state index contributed by atoms with van der Waals surface area (Å²) in [5.41, 5.74) is 1.01. The summed E-state index contributed by atoms with van der Waals surface area (Å²) < 4.78 is 0. The van der Waals surface area contributed by atoms with Crippen molar-refractivity contribution in [2.24, 2.45) is 5.10 Å². The second kappa shape index (κ2) is 3.93. The van der Waals surface area contributed by atoms with Gasteiger partial charge in [0.15, 0.2) is 6.04 Å². The van der Waals surface area contributed by atoms with Crippen molar-refractivity contribution in [2.45, 2.75) is 12.5 Å². The highest BCUT2D eigenvalue weighted by Crippen LogP contribution is 2.21. The van der Waals surface area contributed by atoms with Crippen LogP contribution >= 0.6 is 0 Å². The molecule has 0 saturated heterocycles. The van der Waals surface area contributed by atoms with Gasteiger partial charge in [0.05, 0.1) is 6.07 Å². The Morgan fingerprint density at radius 2 is 2.14 bits per heavy atom. The van der Waals surface area contributed by atoms with Crippen molar-refractivity contribution in [3.8, 4) is 6.07 Å². The highest BCUT2D eigenvalue weighted by molar-refractivity contribution is 5.59. The Labute approximate surface area is 83.3 Å². The molecule has 3 heteroatoms. The fourth-order valence-electron chi connectivity index (χ4n) is 1.55. The van der Waals surface area contributed by atoms with E-state index in [0.717, 1.165) is 18.5 Å². The Morgan fingerprint density at radius 3 is 2.71 bits per heavy atom. The Morgan fingerprint density at radius 1 is 1.36 bits per heavy atom. The lowest BCUT2D eigenvalue weighted by molar-refractivity contribution is 0.275. The number of hydrogen-bond donors (Lipinski definition) is 0. The maximum Gasteiger partial charge on any atom is 0.158 e. The topological polar surface area (TPSA) is 39.4 Å². The van der Waals surface area contributed by atoms with E-state index >= 15 is 0 Å². The zero-order chi connectivity index (χ0) is 9.80. The molecule has 0 bridgehead atoms. The largest absolute Gasteiger partial charge is 0.275 e. The first-order valence-electron chi connectivity index (χ1n) is 4.65. The van der Waals surface area contributed by atoms with Crippen molar-refractivity contribution in [1.29, 1.82) is 5.26 Å². The third kappa shape index (κ3) is 1.60. The second-order valence-corrected chi connectivity index (χ2v) is 3.19. The van der Waals surface area contributed by atoms with Crippen molar-refractivity contribution in [3.63, 3.8) is 0 Å². The third-order valence-electron chi connectivity index (χ3n) is 2.25. The molecule has 1 aromatic carbocycles. The van der Waals surface area contributed by atoms with Gasteiger partial charge in [0, 0.05) is 19.2 Å². The predicted octanol–water partition coefficient (Wildman–Crippen LogP) is 1.94. The summed E-state index contributed by atoms with van der Waals surface area (Å²) >= 11 is 0. The van der Waals surface area contributed by atoms with Gasteiger partial charge in [-0.1, -0.05) is 30.3 Å². The van der Waals surface area contributed by atoms with Gasteiger partial charge in [-0.25, -0.2) is 0 Å². The molecule has 1 unspecified atom stereocenters. The molecule has 3 nitrogen and oxygen atoms in total. The molecule has 0 saturated carbocycles. The average Bonchev–Trinajstić information content (AvgIpc) is 2.74. The lowest BCUT2D eigenvalue weighted by Crippen LogP contribution is -2.19. The van der Waals surface area contributed by atoms with E-state index in [2.05, 4.69) is 11.2 Å².